The highest BCUT2D eigenvalue weighted by atomic mass is 16.5. The number of nitrogens with one attached hydrogen (secondary N) is 8. The maximum absolute atomic E-state index is 5.74. The summed E-state index contributed by atoms with van der Waals surface area (Å²) in [4.78, 5) is 66.7. The number of hydrogen-bond donors (Lipinski definition) is 11. The second kappa shape index (κ2) is 29.3. The van der Waals surface area contributed by atoms with Crippen LogP contribution in [0.5, 0.6) is 0 Å². The molecule has 0 aliphatic carbocycles. The molecule has 0 amide bonds. The normalized spacial score (nSPS) is 14.1. The zero-order valence-corrected chi connectivity index (χ0v) is 52.5. The van der Waals surface area contributed by atoms with Gasteiger partial charge in [-0.3, -0.25) is 0 Å². The zero-order valence-electron chi connectivity index (χ0n) is 52.5. The molecule has 2 fully saturated rings. The number of benzene rings is 5. The molecule has 0 radical (unpaired) electrons. The minimum atomic E-state index is 0.0639. The molecule has 2 aliphatic heterocycles. The molecular formula is C68H76N24O2. The maximum atomic E-state index is 5.74. The van der Waals surface area contributed by atoms with Gasteiger partial charge in [0.2, 0.25) is 0 Å². The highest BCUT2D eigenvalue weighted by Crippen LogP contribution is 2.35. The number of nitrogens with zero attached hydrogens (tertiary/aromatic N) is 13. The molecule has 0 unspecified atom stereocenters. The molecule has 26 heteroatoms. The van der Waals surface area contributed by atoms with Crippen LogP contribution in [0.4, 0.5) is 29.1 Å². The van der Waals surface area contributed by atoms with Gasteiger partial charge in [-0.2, -0.15) is 0 Å². The van der Waals surface area contributed by atoms with Crippen molar-refractivity contribution in [2.75, 3.05) is 132 Å². The molecular weight excluding hydrogens is 1180 g/mol. The van der Waals surface area contributed by atoms with Crippen molar-refractivity contribution in [3.63, 3.8) is 0 Å². The summed E-state index contributed by atoms with van der Waals surface area (Å²) in [7, 11) is 4.12. The maximum Gasteiger partial charge on any atom is 0.143 e. The first kappa shape index (κ1) is 62.1. The third-order valence-corrected chi connectivity index (χ3v) is 16.4. The van der Waals surface area contributed by atoms with Crippen molar-refractivity contribution >= 4 is 139 Å². The summed E-state index contributed by atoms with van der Waals surface area (Å²) in [6.07, 6.45) is 8.94. The first-order chi connectivity index (χ1) is 46.3. The van der Waals surface area contributed by atoms with Crippen LogP contribution in [0.2, 0.25) is 0 Å². The Morgan fingerprint density at radius 1 is 0.426 bits per heavy atom. The summed E-state index contributed by atoms with van der Waals surface area (Å²) < 4.78 is 11.1. The molecule has 2 saturated heterocycles. The largest absolute Gasteiger partial charge is 0.378 e. The lowest BCUT2D eigenvalue weighted by Crippen LogP contribution is -2.46. The minimum Gasteiger partial charge on any atom is -0.378 e. The Kier molecular flexibility index (Phi) is 19.3. The predicted octanol–water partition coefficient (Wildman–Crippen LogP) is 8.66. The fourth-order valence-corrected chi connectivity index (χ4v) is 11.9. The Morgan fingerprint density at radius 2 is 0.787 bits per heavy atom. The lowest BCUT2D eigenvalue weighted by atomic mass is 10.2. The van der Waals surface area contributed by atoms with Crippen LogP contribution in [-0.2, 0) is 9.47 Å². The Bertz CT molecular complexity index is 4990. The first-order valence-corrected chi connectivity index (χ1v) is 31.6. The Labute approximate surface area is 539 Å². The van der Waals surface area contributed by atoms with Gasteiger partial charge in [-0.25, -0.2) is 49.8 Å². The summed E-state index contributed by atoms with van der Waals surface area (Å²) >= 11 is 0. The number of nitrogens with two attached hydrogens (primary N) is 3. The van der Waals surface area contributed by atoms with Gasteiger partial charge in [0.1, 0.15) is 89.0 Å². The monoisotopic (exact) mass is 1260 g/mol. The quantitative estimate of drug-likeness (QED) is 0.0453. The van der Waals surface area contributed by atoms with Gasteiger partial charge in [0.05, 0.1) is 52.9 Å². The van der Waals surface area contributed by atoms with Crippen molar-refractivity contribution in [3.05, 3.63) is 153 Å². The lowest BCUT2D eigenvalue weighted by Gasteiger charge is -2.33. The molecule has 94 heavy (non-hydrogen) atoms. The highest BCUT2D eigenvalue weighted by molar-refractivity contribution is 6.14. The van der Waals surface area contributed by atoms with Crippen LogP contribution in [0.15, 0.2) is 153 Å². The molecule has 15 aromatic rings. The molecule has 1 atom stereocenters. The fourth-order valence-electron chi connectivity index (χ4n) is 11.9. The van der Waals surface area contributed by atoms with E-state index in [0.717, 1.165) is 199 Å². The van der Waals surface area contributed by atoms with Crippen molar-refractivity contribution in [2.45, 2.75) is 12.5 Å². The number of rotatable bonds is 14. The Balaban J connectivity index is 0.000000107. The molecule has 0 saturated carbocycles. The van der Waals surface area contributed by atoms with Crippen LogP contribution >= 0.6 is 0 Å². The van der Waals surface area contributed by atoms with Gasteiger partial charge >= 0.3 is 0 Å². The molecule has 14 N–H and O–H groups in total. The number of anilines is 5. The van der Waals surface area contributed by atoms with Crippen LogP contribution in [0.25, 0.3) is 110 Å². The fraction of sp³-hybridized carbons (Fsp3) is 0.265. The Morgan fingerprint density at radius 3 is 1.19 bits per heavy atom. The Hall–Kier alpha value is -10.7. The molecule has 26 nitrogen and oxygen atoms in total. The summed E-state index contributed by atoms with van der Waals surface area (Å²) in [5.41, 5.74) is 26.5. The van der Waals surface area contributed by atoms with E-state index in [1.807, 2.05) is 72.8 Å². The lowest BCUT2D eigenvalue weighted by molar-refractivity contribution is 0.0464. The molecule has 480 valence electrons. The van der Waals surface area contributed by atoms with E-state index >= 15 is 0 Å². The van der Waals surface area contributed by atoms with Crippen LogP contribution in [-0.4, -0.2) is 192 Å². The van der Waals surface area contributed by atoms with E-state index in [4.69, 9.17) is 26.7 Å². The number of aromatic amines is 5. The summed E-state index contributed by atoms with van der Waals surface area (Å²) in [5.74, 6) is 4.55. The van der Waals surface area contributed by atoms with Crippen LogP contribution in [0, 0.1) is 0 Å². The van der Waals surface area contributed by atoms with E-state index in [9.17, 15) is 0 Å². The van der Waals surface area contributed by atoms with Gasteiger partial charge in [0.15, 0.2) is 0 Å². The standard InChI is InChI=1S/C15H17N5O.C14H17N5.C14H14N4O.C13H15N5.C12H13N5/c16-7-10-8-20(5-6-21-10)15-13-11-3-1-2-4-12(11)19-14(13)17-9-18-15;1-19(2)8-7-15-13-12-10-5-3-4-6-11(10)18-14(12)17-9-16-13;1-2-4-11-10(3-1)12-13(17-11)15-9-16-14(12)18-5-7-19-8-6-18;14-6-3-7-15-12-11-9-4-1-2-5-10(9)18-13(11)17-8-16-12;13-5-6-14-11-10-8-3-1-2-4-9(8)17-12(10)16-7-15-11/h1-4,9-10H,5-8,16H2,(H,17,18,19);3-6,9H,7-8H2,1-2H3,(H2,15,16,17,18);1-4,9H,5-8H2,(H,15,16,17);1-2,4-5,8H,3,6-7,14H2,(H2,15,16,17,18);1-4,7H,5-6,13H2,(H2,14,15,16,17)/t10-;;;;/m0..../s1. The third kappa shape index (κ3) is 13.5. The van der Waals surface area contributed by atoms with Gasteiger partial charge in [0.25, 0.3) is 0 Å². The topological polar surface area (TPSA) is 350 Å². The van der Waals surface area contributed by atoms with E-state index in [2.05, 4.69) is 168 Å². The second-order valence-corrected chi connectivity index (χ2v) is 22.8. The van der Waals surface area contributed by atoms with Gasteiger partial charge in [-0.1, -0.05) is 91.0 Å². The molecule has 0 bridgehead atoms. The second-order valence-electron chi connectivity index (χ2n) is 22.8. The molecule has 17 rings (SSSR count). The third-order valence-electron chi connectivity index (χ3n) is 16.4. The van der Waals surface area contributed by atoms with Crippen molar-refractivity contribution in [2.24, 2.45) is 17.2 Å². The average molecular weight is 1260 g/mol. The number of aromatic nitrogens is 15. The van der Waals surface area contributed by atoms with Crippen LogP contribution in [0.1, 0.15) is 6.42 Å². The van der Waals surface area contributed by atoms with Gasteiger partial charge in [0, 0.05) is 120 Å². The SMILES string of the molecule is CN(C)CCNc1ncnc2[nH]c3ccccc3c12.NCCCNc1ncnc2[nH]c3ccccc3c12.NCCNc1ncnc2[nH]c3ccccc3c12.NC[C@H]1CN(c2ncnc3[nH]c4ccccc4c23)CCO1.c1ccc2c(c1)[nH]c1ncnc(N3CCOCC3)c12. The van der Waals surface area contributed by atoms with E-state index < -0.39 is 0 Å². The van der Waals surface area contributed by atoms with Gasteiger partial charge in [-0.15, -0.1) is 0 Å². The van der Waals surface area contributed by atoms with Crippen molar-refractivity contribution < 1.29 is 9.47 Å². The number of H-pyrrole nitrogens is 5. The van der Waals surface area contributed by atoms with E-state index in [1.165, 1.54) is 5.39 Å². The number of para-hydroxylation sites is 5. The highest BCUT2D eigenvalue weighted by Gasteiger charge is 2.24. The van der Waals surface area contributed by atoms with Crippen molar-refractivity contribution in [3.8, 4) is 0 Å². The van der Waals surface area contributed by atoms with E-state index in [-0.39, 0.29) is 6.10 Å². The molecule has 5 aromatic carbocycles. The number of ether oxygens (including phenoxy) is 2. The number of likely N-dealkylation sites (N-methyl/N-ethyl adjacent to an activating group) is 1. The summed E-state index contributed by atoms with van der Waals surface area (Å²) in [6, 6.07) is 40.9. The van der Waals surface area contributed by atoms with E-state index in [0.29, 0.717) is 32.8 Å². The molecule has 0 spiro atoms. The first-order valence-electron chi connectivity index (χ1n) is 31.6. The number of hydrogen-bond acceptors (Lipinski definition) is 21. The van der Waals surface area contributed by atoms with Crippen LogP contribution in [0.3, 0.4) is 0 Å². The summed E-state index contributed by atoms with van der Waals surface area (Å²) in [5, 5.41) is 21.0. The number of fused-ring (bicyclic) bond motifs is 15. The molecule has 12 heterocycles. The number of morpholine rings is 2. The summed E-state index contributed by atoms with van der Waals surface area (Å²) in [6.45, 7) is 10.7. The van der Waals surface area contributed by atoms with Gasteiger partial charge < -0.3 is 82.2 Å². The van der Waals surface area contributed by atoms with Gasteiger partial charge in [-0.05, 0) is 57.4 Å². The zero-order chi connectivity index (χ0) is 64.2. The predicted molar refractivity (Wildman–Crippen MR) is 378 cm³/mol. The molecule has 2 aliphatic rings. The average Bonchev–Trinajstić information content (AvgIpc) is 1.68. The van der Waals surface area contributed by atoms with Crippen LogP contribution < -0.4 is 43.0 Å². The van der Waals surface area contributed by atoms with E-state index in [1.54, 1.807) is 31.6 Å². The minimum absolute atomic E-state index is 0.0639. The van der Waals surface area contributed by atoms with Crippen molar-refractivity contribution in [1.82, 2.24) is 79.7 Å². The van der Waals surface area contributed by atoms with Crippen molar-refractivity contribution in [1.29, 1.82) is 0 Å². The smallest absolute Gasteiger partial charge is 0.143 e. The molecule has 10 aromatic heterocycles.